The van der Waals surface area contributed by atoms with Gasteiger partial charge in [-0.15, -0.1) is 0 Å². The number of sulfonamides is 1. The van der Waals surface area contributed by atoms with Gasteiger partial charge in [-0.2, -0.15) is 30.6 Å². The quantitative estimate of drug-likeness (QED) is 0.433. The minimum atomic E-state index is -5.24. The number of aliphatic hydroxyl groups excluding tert-OH is 1. The van der Waals surface area contributed by atoms with E-state index < -0.39 is 81.1 Å². The molecule has 16 heteroatoms. The van der Waals surface area contributed by atoms with Crippen molar-refractivity contribution in [2.24, 2.45) is 0 Å². The summed E-state index contributed by atoms with van der Waals surface area (Å²) in [7, 11) is -3.75. The molecule has 1 aromatic rings. The van der Waals surface area contributed by atoms with Crippen molar-refractivity contribution in [3.05, 3.63) is 34.9 Å². The van der Waals surface area contributed by atoms with E-state index in [-0.39, 0.29) is 58.1 Å². The Labute approximate surface area is 226 Å². The maximum Gasteiger partial charge on any atom is 0.417 e. The van der Waals surface area contributed by atoms with Gasteiger partial charge in [0, 0.05) is 51.1 Å². The minimum Gasteiger partial charge on any atom is -0.392 e. The third-order valence-corrected chi connectivity index (χ3v) is 9.50. The monoisotopic (exact) mass is 609 g/mol. The van der Waals surface area contributed by atoms with Crippen LogP contribution in [-0.2, 0) is 22.4 Å². The highest BCUT2D eigenvalue weighted by Gasteiger charge is 2.47. The van der Waals surface area contributed by atoms with E-state index >= 15 is 0 Å². The molecule has 2 aliphatic rings. The Morgan fingerprint density at radius 2 is 1.57 bits per heavy atom. The number of nitrogens with zero attached hydrogens (tertiary/aromatic N) is 2. The summed E-state index contributed by atoms with van der Waals surface area (Å²) in [6.45, 7) is 1.52. The van der Waals surface area contributed by atoms with Crippen LogP contribution in [0.5, 0.6) is 0 Å². The fourth-order valence-corrected chi connectivity index (χ4v) is 6.85. The number of amides is 1. The van der Waals surface area contributed by atoms with E-state index in [2.05, 4.69) is 5.32 Å². The molecule has 1 amide bonds. The standard InChI is InChI=1S/C24H31F8N3O4S/c1-16(36)15-40(38,39)35-12-10-34(11-13-35)21(4-6-22(25,26)7-5-21)8-9-33-20(37)18-3-2-17(23(27,28)29)14-19(18)24(30,31)32/h2-3,14,16,36H,4-13,15H2,1H3,(H,33,37). The summed E-state index contributed by atoms with van der Waals surface area (Å²) in [6, 6.07) is 0.690. The Balaban J connectivity index is 1.74. The normalized spacial score (nSPS) is 21.6. The van der Waals surface area contributed by atoms with Gasteiger partial charge < -0.3 is 10.4 Å². The molecule has 1 unspecified atom stereocenters. The molecule has 228 valence electrons. The van der Waals surface area contributed by atoms with Crippen molar-refractivity contribution in [2.75, 3.05) is 38.5 Å². The molecule has 0 aromatic heterocycles. The first kappa shape index (κ1) is 32.5. The van der Waals surface area contributed by atoms with E-state index in [4.69, 9.17) is 0 Å². The largest absolute Gasteiger partial charge is 0.417 e. The number of benzene rings is 1. The molecule has 2 N–H and O–H groups in total. The van der Waals surface area contributed by atoms with Crippen LogP contribution in [0, 0.1) is 0 Å². The maximum atomic E-state index is 14.0. The fourth-order valence-electron chi connectivity index (χ4n) is 5.31. The molecule has 3 rings (SSSR count). The lowest BCUT2D eigenvalue weighted by Crippen LogP contribution is -2.60. The third kappa shape index (κ3) is 7.82. The average Bonchev–Trinajstić information content (AvgIpc) is 2.83. The van der Waals surface area contributed by atoms with Gasteiger partial charge >= 0.3 is 12.4 Å². The van der Waals surface area contributed by atoms with Gasteiger partial charge in [-0.05, 0) is 44.4 Å². The zero-order valence-corrected chi connectivity index (χ0v) is 22.4. The van der Waals surface area contributed by atoms with Crippen LogP contribution in [0.1, 0.15) is 60.5 Å². The highest BCUT2D eigenvalue weighted by molar-refractivity contribution is 7.89. The molecule has 1 heterocycles. The maximum absolute atomic E-state index is 14.0. The second kappa shape index (κ2) is 11.7. The number of carbonyl (C=O) groups is 1. The number of alkyl halides is 8. The first-order chi connectivity index (χ1) is 18.3. The van der Waals surface area contributed by atoms with Gasteiger partial charge in [0.2, 0.25) is 15.9 Å². The third-order valence-electron chi connectivity index (χ3n) is 7.44. The molecule has 1 aliphatic heterocycles. The number of carbonyl (C=O) groups excluding carboxylic acids is 1. The predicted molar refractivity (Wildman–Crippen MR) is 128 cm³/mol. The van der Waals surface area contributed by atoms with Crippen molar-refractivity contribution in [1.29, 1.82) is 0 Å². The Morgan fingerprint density at radius 1 is 1.00 bits per heavy atom. The molecule has 1 aromatic carbocycles. The molecule has 1 aliphatic carbocycles. The lowest BCUT2D eigenvalue weighted by Gasteiger charge is -2.51. The van der Waals surface area contributed by atoms with E-state index in [1.165, 1.54) is 11.2 Å². The van der Waals surface area contributed by atoms with E-state index in [1.54, 1.807) is 0 Å². The van der Waals surface area contributed by atoms with Crippen LogP contribution >= 0.6 is 0 Å². The van der Waals surface area contributed by atoms with Crippen LogP contribution in [0.4, 0.5) is 35.1 Å². The topological polar surface area (TPSA) is 89.9 Å². The van der Waals surface area contributed by atoms with Gasteiger partial charge in [0.15, 0.2) is 0 Å². The number of piperazine rings is 1. The highest BCUT2D eigenvalue weighted by Crippen LogP contribution is 2.44. The molecule has 0 bridgehead atoms. The summed E-state index contributed by atoms with van der Waals surface area (Å²) >= 11 is 0. The van der Waals surface area contributed by atoms with Crippen LogP contribution in [0.2, 0.25) is 0 Å². The van der Waals surface area contributed by atoms with Crippen molar-refractivity contribution in [2.45, 2.75) is 68.9 Å². The summed E-state index contributed by atoms with van der Waals surface area (Å²) in [5.41, 5.74) is -5.21. The number of halogens is 8. The van der Waals surface area contributed by atoms with Crippen LogP contribution in [-0.4, -0.2) is 84.7 Å². The van der Waals surface area contributed by atoms with Gasteiger partial charge in [0.05, 0.1) is 28.5 Å². The molecule has 40 heavy (non-hydrogen) atoms. The molecular weight excluding hydrogens is 578 g/mol. The summed E-state index contributed by atoms with van der Waals surface area (Å²) < 4.78 is 133. The van der Waals surface area contributed by atoms with E-state index in [0.717, 1.165) is 0 Å². The first-order valence-electron chi connectivity index (χ1n) is 12.6. The van der Waals surface area contributed by atoms with E-state index in [0.29, 0.717) is 12.1 Å². The van der Waals surface area contributed by atoms with Crippen LogP contribution in [0.25, 0.3) is 0 Å². The summed E-state index contributed by atoms with van der Waals surface area (Å²) in [5.74, 6) is -4.65. The lowest BCUT2D eigenvalue weighted by atomic mass is 9.76. The van der Waals surface area contributed by atoms with Gasteiger partial charge in [0.25, 0.3) is 5.91 Å². The van der Waals surface area contributed by atoms with Crippen molar-refractivity contribution in [1.82, 2.24) is 14.5 Å². The SMILES string of the molecule is CC(O)CS(=O)(=O)N1CCN(C2(CCNC(=O)c3ccc(C(F)(F)F)cc3C(F)(F)F)CCC(F)(F)CC2)CC1. The summed E-state index contributed by atoms with van der Waals surface area (Å²) in [5, 5.41) is 11.8. The Morgan fingerprint density at radius 3 is 2.08 bits per heavy atom. The second-order valence-corrected chi connectivity index (χ2v) is 12.4. The lowest BCUT2D eigenvalue weighted by molar-refractivity contribution is -0.143. The number of nitrogens with one attached hydrogen (secondary N) is 1. The Kier molecular flexibility index (Phi) is 9.48. The Bertz CT molecular complexity index is 1150. The van der Waals surface area contributed by atoms with Crippen LogP contribution in [0.3, 0.4) is 0 Å². The molecule has 1 saturated carbocycles. The fraction of sp³-hybridized carbons (Fsp3) is 0.708. The molecule has 0 radical (unpaired) electrons. The van der Waals surface area contributed by atoms with Crippen molar-refractivity contribution in [3.8, 4) is 0 Å². The zero-order valence-electron chi connectivity index (χ0n) is 21.6. The predicted octanol–water partition coefficient (Wildman–Crippen LogP) is 4.12. The van der Waals surface area contributed by atoms with Gasteiger partial charge in [-0.25, -0.2) is 17.2 Å². The zero-order chi connectivity index (χ0) is 30.1. The molecule has 0 spiro atoms. The average molecular weight is 610 g/mol. The number of hydrogen-bond acceptors (Lipinski definition) is 5. The van der Waals surface area contributed by atoms with E-state index in [9.17, 15) is 53.4 Å². The molecule has 1 saturated heterocycles. The van der Waals surface area contributed by atoms with Gasteiger partial charge in [-0.1, -0.05) is 0 Å². The molecular formula is C24H31F8N3O4S. The highest BCUT2D eigenvalue weighted by atomic mass is 32.2. The summed E-state index contributed by atoms with van der Waals surface area (Å²) in [6.07, 6.45) is -12.3. The minimum absolute atomic E-state index is 0.00955. The molecule has 2 fully saturated rings. The van der Waals surface area contributed by atoms with Gasteiger partial charge in [0.1, 0.15) is 0 Å². The van der Waals surface area contributed by atoms with Gasteiger partial charge in [-0.3, -0.25) is 9.69 Å². The molecule has 1 atom stereocenters. The van der Waals surface area contributed by atoms with Crippen molar-refractivity contribution >= 4 is 15.9 Å². The molecule has 7 nitrogen and oxygen atoms in total. The Hall–Kier alpha value is -2.04. The van der Waals surface area contributed by atoms with Crippen LogP contribution in [0.15, 0.2) is 18.2 Å². The van der Waals surface area contributed by atoms with Crippen molar-refractivity contribution in [3.63, 3.8) is 0 Å². The number of aliphatic hydroxyl groups is 1. The first-order valence-corrected chi connectivity index (χ1v) is 14.2. The van der Waals surface area contributed by atoms with Crippen LogP contribution < -0.4 is 5.32 Å². The van der Waals surface area contributed by atoms with Crippen molar-refractivity contribution < 1.29 is 53.4 Å². The second-order valence-electron chi connectivity index (χ2n) is 10.4. The van der Waals surface area contributed by atoms with E-state index in [1.807, 2.05) is 4.90 Å². The number of rotatable bonds is 8. The smallest absolute Gasteiger partial charge is 0.392 e. The summed E-state index contributed by atoms with van der Waals surface area (Å²) in [4.78, 5) is 14.5. The number of hydrogen-bond donors (Lipinski definition) is 2.